The summed E-state index contributed by atoms with van der Waals surface area (Å²) in [5.74, 6) is -4.21. The number of nitrogens with zero attached hydrogens (tertiary/aromatic N) is 1. The van der Waals surface area contributed by atoms with Gasteiger partial charge in [0.15, 0.2) is 0 Å². The average Bonchev–Trinajstić information content (AvgIpc) is 2.77. The van der Waals surface area contributed by atoms with Gasteiger partial charge in [-0.1, -0.05) is 18.2 Å². The first kappa shape index (κ1) is 24.6. The lowest BCUT2D eigenvalue weighted by Gasteiger charge is -2.18. The van der Waals surface area contributed by atoms with E-state index in [1.54, 1.807) is 0 Å². The van der Waals surface area contributed by atoms with Gasteiger partial charge < -0.3 is 15.2 Å². The lowest BCUT2D eigenvalue weighted by molar-refractivity contribution is -0.138. The number of aromatic nitrogens is 1. The van der Waals surface area contributed by atoms with Crippen molar-refractivity contribution in [3.63, 3.8) is 0 Å². The Bertz CT molecular complexity index is 1230. The third-order valence-electron chi connectivity index (χ3n) is 4.83. The van der Waals surface area contributed by atoms with Crippen molar-refractivity contribution in [2.75, 3.05) is 7.11 Å². The molecule has 1 heterocycles. The molecule has 1 aromatic heterocycles. The highest BCUT2D eigenvalue weighted by Crippen LogP contribution is 2.35. The molecule has 0 aliphatic carbocycles. The molecule has 1 amide bonds. The van der Waals surface area contributed by atoms with Gasteiger partial charge in [-0.2, -0.15) is 13.2 Å². The van der Waals surface area contributed by atoms with Gasteiger partial charge in [0.25, 0.3) is 5.91 Å². The molecule has 0 fully saturated rings. The largest absolute Gasteiger partial charge is 0.494 e. The van der Waals surface area contributed by atoms with Crippen LogP contribution in [-0.4, -0.2) is 29.1 Å². The van der Waals surface area contributed by atoms with Crippen molar-refractivity contribution in [3.8, 4) is 17.0 Å². The van der Waals surface area contributed by atoms with Crippen LogP contribution < -0.4 is 10.1 Å². The Morgan fingerprint density at radius 2 is 1.76 bits per heavy atom. The third-order valence-corrected chi connectivity index (χ3v) is 4.83. The zero-order chi connectivity index (χ0) is 25.0. The first-order valence-corrected chi connectivity index (χ1v) is 9.70. The summed E-state index contributed by atoms with van der Waals surface area (Å²) in [7, 11) is 1.23. The Morgan fingerprint density at radius 3 is 2.35 bits per heavy atom. The SMILES string of the molecule is COc1ccc(C(=O)N[C@@H](CC(=O)O)c2ccccc2F)nc1-c1ccc(C(F)(F)F)cc1F. The van der Waals surface area contributed by atoms with E-state index in [0.29, 0.717) is 12.1 Å². The van der Waals surface area contributed by atoms with Gasteiger partial charge in [-0.05, 0) is 36.4 Å². The standard InChI is InChI=1S/C23H17F5N2O4/c1-34-19-9-8-17(29-21(19)14-7-6-12(10-16(14)25)23(26,27)28)22(33)30-18(11-20(31)32)13-4-2-3-5-15(13)24/h2-10,18H,11H2,1H3,(H,30,33)(H,31,32)/t18-/m0/s1. The highest BCUT2D eigenvalue weighted by atomic mass is 19.4. The van der Waals surface area contributed by atoms with Crippen LogP contribution in [0.5, 0.6) is 5.75 Å². The molecule has 6 nitrogen and oxygen atoms in total. The number of carboxylic acids is 1. The number of carbonyl (C=O) groups excluding carboxylic acids is 1. The molecule has 0 bridgehead atoms. The van der Waals surface area contributed by atoms with E-state index >= 15 is 0 Å². The molecule has 0 spiro atoms. The Labute approximate surface area is 190 Å². The molecule has 1 atom stereocenters. The van der Waals surface area contributed by atoms with E-state index in [4.69, 9.17) is 9.84 Å². The molecule has 2 N–H and O–H groups in total. The zero-order valence-electron chi connectivity index (χ0n) is 17.5. The summed E-state index contributed by atoms with van der Waals surface area (Å²) < 4.78 is 72.4. The van der Waals surface area contributed by atoms with Gasteiger partial charge in [0.1, 0.15) is 28.8 Å². The minimum Gasteiger partial charge on any atom is -0.494 e. The van der Waals surface area contributed by atoms with E-state index in [1.165, 1.54) is 37.4 Å². The number of benzene rings is 2. The fraction of sp³-hybridized carbons (Fsp3) is 0.174. The van der Waals surface area contributed by atoms with E-state index in [2.05, 4.69) is 10.3 Å². The number of nitrogens with one attached hydrogen (secondary N) is 1. The van der Waals surface area contributed by atoms with Crippen LogP contribution in [0.3, 0.4) is 0 Å². The molecule has 0 aliphatic heterocycles. The molecule has 0 aliphatic rings. The van der Waals surface area contributed by atoms with Crippen molar-refractivity contribution in [1.29, 1.82) is 0 Å². The number of carbonyl (C=O) groups is 2. The van der Waals surface area contributed by atoms with Crippen LogP contribution >= 0.6 is 0 Å². The number of pyridine rings is 1. The van der Waals surface area contributed by atoms with Crippen molar-refractivity contribution in [2.45, 2.75) is 18.6 Å². The Morgan fingerprint density at radius 1 is 1.06 bits per heavy atom. The molecule has 3 rings (SSSR count). The van der Waals surface area contributed by atoms with E-state index < -0.39 is 47.7 Å². The van der Waals surface area contributed by atoms with Gasteiger partial charge in [-0.15, -0.1) is 0 Å². The molecular weight excluding hydrogens is 463 g/mol. The summed E-state index contributed by atoms with van der Waals surface area (Å²) in [6, 6.07) is 8.30. The second-order valence-corrected chi connectivity index (χ2v) is 7.09. The van der Waals surface area contributed by atoms with Gasteiger partial charge in [0, 0.05) is 11.1 Å². The van der Waals surface area contributed by atoms with Crippen LogP contribution in [0.1, 0.15) is 34.1 Å². The number of hydrogen-bond acceptors (Lipinski definition) is 4. The van der Waals surface area contributed by atoms with Crippen LogP contribution in [0.4, 0.5) is 22.0 Å². The van der Waals surface area contributed by atoms with E-state index in [-0.39, 0.29) is 28.3 Å². The molecule has 0 unspecified atom stereocenters. The third kappa shape index (κ3) is 5.48. The monoisotopic (exact) mass is 480 g/mol. The molecule has 11 heteroatoms. The number of halogens is 5. The number of alkyl halides is 3. The molecule has 0 radical (unpaired) electrons. The van der Waals surface area contributed by atoms with Crippen LogP contribution in [0, 0.1) is 11.6 Å². The van der Waals surface area contributed by atoms with Gasteiger partial charge in [0.05, 0.1) is 25.1 Å². The number of aliphatic carboxylic acids is 1. The number of hydrogen-bond donors (Lipinski definition) is 2. The topological polar surface area (TPSA) is 88.5 Å². The second-order valence-electron chi connectivity index (χ2n) is 7.09. The first-order chi connectivity index (χ1) is 16.0. The van der Waals surface area contributed by atoms with Crippen LogP contribution in [0.2, 0.25) is 0 Å². The molecule has 3 aromatic rings. The summed E-state index contributed by atoms with van der Waals surface area (Å²) in [5, 5.41) is 11.5. The minimum atomic E-state index is -4.76. The smallest absolute Gasteiger partial charge is 0.416 e. The van der Waals surface area contributed by atoms with E-state index in [9.17, 15) is 31.5 Å². The summed E-state index contributed by atoms with van der Waals surface area (Å²) in [4.78, 5) is 28.1. The lowest BCUT2D eigenvalue weighted by Crippen LogP contribution is -2.31. The average molecular weight is 480 g/mol. The Balaban J connectivity index is 1.98. The summed E-state index contributed by atoms with van der Waals surface area (Å²) in [5.41, 5.74) is -2.19. The van der Waals surface area contributed by atoms with Crippen LogP contribution in [-0.2, 0) is 11.0 Å². The van der Waals surface area contributed by atoms with Crippen molar-refractivity contribution in [3.05, 3.63) is 83.1 Å². The Kier molecular flexibility index (Phi) is 7.14. The predicted octanol–water partition coefficient (Wildman–Crippen LogP) is 5.00. The number of amides is 1. The van der Waals surface area contributed by atoms with Gasteiger partial charge in [-0.25, -0.2) is 13.8 Å². The summed E-state index contributed by atoms with van der Waals surface area (Å²) in [6.07, 6.45) is -5.40. The molecule has 0 saturated heterocycles. The second kappa shape index (κ2) is 9.86. The van der Waals surface area contributed by atoms with Crippen molar-refractivity contribution in [2.24, 2.45) is 0 Å². The normalized spacial score (nSPS) is 12.2. The fourth-order valence-electron chi connectivity index (χ4n) is 3.22. The minimum absolute atomic E-state index is 0.0219. The number of rotatable bonds is 7. The van der Waals surface area contributed by atoms with E-state index in [1.807, 2.05) is 0 Å². The number of ether oxygens (including phenoxy) is 1. The Hall–Kier alpha value is -4.02. The molecular formula is C23H17F5N2O4. The highest BCUT2D eigenvalue weighted by Gasteiger charge is 2.32. The lowest BCUT2D eigenvalue weighted by atomic mass is 10.0. The van der Waals surface area contributed by atoms with Crippen molar-refractivity contribution in [1.82, 2.24) is 10.3 Å². The summed E-state index contributed by atoms with van der Waals surface area (Å²) in [6.45, 7) is 0. The number of carboxylic acid groups (broad SMARTS) is 1. The maximum absolute atomic E-state index is 14.5. The van der Waals surface area contributed by atoms with Crippen molar-refractivity contribution >= 4 is 11.9 Å². The highest BCUT2D eigenvalue weighted by molar-refractivity contribution is 5.93. The van der Waals surface area contributed by atoms with Gasteiger partial charge in [0.2, 0.25) is 0 Å². The maximum atomic E-state index is 14.5. The van der Waals surface area contributed by atoms with Crippen molar-refractivity contribution < 1.29 is 41.4 Å². The molecule has 34 heavy (non-hydrogen) atoms. The fourth-order valence-corrected chi connectivity index (χ4v) is 3.22. The molecule has 2 aromatic carbocycles. The van der Waals surface area contributed by atoms with Gasteiger partial charge >= 0.3 is 12.1 Å². The van der Waals surface area contributed by atoms with Crippen LogP contribution in [0.25, 0.3) is 11.3 Å². The predicted molar refractivity (Wildman–Crippen MR) is 110 cm³/mol. The zero-order valence-corrected chi connectivity index (χ0v) is 17.5. The first-order valence-electron chi connectivity index (χ1n) is 9.70. The number of methoxy groups -OCH3 is 1. The van der Waals surface area contributed by atoms with Gasteiger partial charge in [-0.3, -0.25) is 9.59 Å². The summed E-state index contributed by atoms with van der Waals surface area (Å²) >= 11 is 0. The quantitative estimate of drug-likeness (QED) is 0.465. The maximum Gasteiger partial charge on any atom is 0.416 e. The van der Waals surface area contributed by atoms with Crippen LogP contribution in [0.15, 0.2) is 54.6 Å². The molecule has 0 saturated carbocycles. The van der Waals surface area contributed by atoms with E-state index in [0.717, 1.165) is 12.1 Å². The molecule has 178 valence electrons.